The van der Waals surface area contributed by atoms with E-state index in [2.05, 4.69) is 23.9 Å². The normalized spacial score (nSPS) is 10.9. The number of aromatic nitrogens is 3. The molecule has 2 rings (SSSR count). The Bertz CT molecular complexity index is 680. The van der Waals surface area contributed by atoms with Crippen molar-refractivity contribution in [3.8, 4) is 17.4 Å². The number of carbonyl (C=O) groups is 1. The van der Waals surface area contributed by atoms with Crippen LogP contribution in [0.15, 0.2) is 24.3 Å². The lowest BCUT2D eigenvalue weighted by Gasteiger charge is -2.05. The molecule has 6 heteroatoms. The third-order valence-electron chi connectivity index (χ3n) is 4.21. The SMILES string of the molecule is CCCCCCC(=O)n1nc(OCCOC)nc1-c1ccc(CC)cc1. The zero-order valence-corrected chi connectivity index (χ0v) is 16.0. The fourth-order valence-corrected chi connectivity index (χ4v) is 2.63. The van der Waals surface area contributed by atoms with Gasteiger partial charge in [0.15, 0.2) is 5.82 Å². The van der Waals surface area contributed by atoms with Crippen molar-refractivity contribution >= 4 is 5.91 Å². The van der Waals surface area contributed by atoms with E-state index in [4.69, 9.17) is 9.47 Å². The predicted octanol–water partition coefficient (Wildman–Crippen LogP) is 4.14. The molecule has 0 aliphatic heterocycles. The topological polar surface area (TPSA) is 66.2 Å². The van der Waals surface area contributed by atoms with E-state index in [1.165, 1.54) is 10.2 Å². The summed E-state index contributed by atoms with van der Waals surface area (Å²) < 4.78 is 11.9. The van der Waals surface area contributed by atoms with Gasteiger partial charge in [0.1, 0.15) is 6.61 Å². The van der Waals surface area contributed by atoms with Gasteiger partial charge in [-0.2, -0.15) is 9.67 Å². The molecule has 0 aliphatic carbocycles. The number of aryl methyl sites for hydroxylation is 1. The summed E-state index contributed by atoms with van der Waals surface area (Å²) in [5.74, 6) is 0.477. The van der Waals surface area contributed by atoms with Crippen molar-refractivity contribution in [3.05, 3.63) is 29.8 Å². The van der Waals surface area contributed by atoms with Gasteiger partial charge in [0.05, 0.1) is 6.61 Å². The Balaban J connectivity index is 2.20. The second-order valence-electron chi connectivity index (χ2n) is 6.23. The molecule has 0 fully saturated rings. The molecule has 26 heavy (non-hydrogen) atoms. The van der Waals surface area contributed by atoms with Crippen LogP contribution in [0.25, 0.3) is 11.4 Å². The van der Waals surface area contributed by atoms with Gasteiger partial charge in [-0.3, -0.25) is 4.79 Å². The van der Waals surface area contributed by atoms with Gasteiger partial charge in [-0.1, -0.05) is 57.4 Å². The fraction of sp³-hybridized carbons (Fsp3) is 0.550. The molecule has 0 amide bonds. The Kier molecular flexibility index (Phi) is 8.28. The summed E-state index contributed by atoms with van der Waals surface area (Å²) >= 11 is 0. The van der Waals surface area contributed by atoms with Crippen molar-refractivity contribution in [3.63, 3.8) is 0 Å². The van der Waals surface area contributed by atoms with Crippen LogP contribution in [0.2, 0.25) is 0 Å². The molecule has 0 N–H and O–H groups in total. The average molecular weight is 359 g/mol. The maximum atomic E-state index is 12.6. The Morgan fingerprint density at radius 3 is 2.50 bits per heavy atom. The molecule has 0 radical (unpaired) electrons. The van der Waals surface area contributed by atoms with Gasteiger partial charge in [0, 0.05) is 19.1 Å². The van der Waals surface area contributed by atoms with Crippen molar-refractivity contribution in [2.24, 2.45) is 0 Å². The highest BCUT2D eigenvalue weighted by Gasteiger charge is 2.18. The molecule has 1 aromatic carbocycles. The molecule has 0 saturated heterocycles. The summed E-state index contributed by atoms with van der Waals surface area (Å²) in [4.78, 5) is 17.1. The molecule has 0 aliphatic rings. The molecule has 2 aromatic rings. The Morgan fingerprint density at radius 1 is 1.08 bits per heavy atom. The maximum absolute atomic E-state index is 12.6. The number of hydrogen-bond acceptors (Lipinski definition) is 5. The second-order valence-corrected chi connectivity index (χ2v) is 6.23. The lowest BCUT2D eigenvalue weighted by Crippen LogP contribution is -2.14. The zero-order valence-electron chi connectivity index (χ0n) is 16.0. The van der Waals surface area contributed by atoms with E-state index >= 15 is 0 Å². The summed E-state index contributed by atoms with van der Waals surface area (Å²) in [6.07, 6.45) is 5.62. The van der Waals surface area contributed by atoms with Crippen LogP contribution in [0.3, 0.4) is 0 Å². The van der Waals surface area contributed by atoms with Crippen LogP contribution in [0, 0.1) is 0 Å². The standard InChI is InChI=1S/C20H29N3O3/c1-4-6-7-8-9-18(24)23-19(17-12-10-16(5-2)11-13-17)21-20(22-23)26-15-14-25-3/h10-13H,4-9,14-15H2,1-3H3. The van der Waals surface area contributed by atoms with E-state index in [0.717, 1.165) is 37.7 Å². The Labute approximate surface area is 155 Å². The molecular formula is C20H29N3O3. The monoisotopic (exact) mass is 359 g/mol. The third-order valence-corrected chi connectivity index (χ3v) is 4.21. The first kappa shape index (κ1) is 20.1. The minimum absolute atomic E-state index is 0.0511. The molecular weight excluding hydrogens is 330 g/mol. The number of rotatable bonds is 11. The first-order valence-electron chi connectivity index (χ1n) is 9.40. The number of nitrogens with zero attached hydrogens (tertiary/aromatic N) is 3. The van der Waals surface area contributed by atoms with E-state index in [9.17, 15) is 4.79 Å². The molecule has 142 valence electrons. The van der Waals surface area contributed by atoms with Crippen molar-refractivity contribution in [1.82, 2.24) is 14.8 Å². The van der Waals surface area contributed by atoms with Crippen LogP contribution in [0.1, 0.15) is 56.3 Å². The molecule has 1 heterocycles. The number of methoxy groups -OCH3 is 1. The maximum Gasteiger partial charge on any atom is 0.336 e. The quantitative estimate of drug-likeness (QED) is 0.564. The van der Waals surface area contributed by atoms with E-state index in [-0.39, 0.29) is 11.9 Å². The van der Waals surface area contributed by atoms with Gasteiger partial charge in [0.25, 0.3) is 0 Å². The van der Waals surface area contributed by atoms with E-state index < -0.39 is 0 Å². The Morgan fingerprint density at radius 2 is 1.85 bits per heavy atom. The number of ether oxygens (including phenoxy) is 2. The van der Waals surface area contributed by atoms with Crippen LogP contribution < -0.4 is 4.74 Å². The number of carbonyl (C=O) groups excluding carboxylic acids is 1. The lowest BCUT2D eigenvalue weighted by molar-refractivity contribution is 0.0881. The highest BCUT2D eigenvalue weighted by atomic mass is 16.5. The zero-order chi connectivity index (χ0) is 18.8. The third kappa shape index (κ3) is 5.66. The van der Waals surface area contributed by atoms with Crippen LogP contribution in [-0.2, 0) is 11.2 Å². The summed E-state index contributed by atoms with van der Waals surface area (Å²) in [5, 5.41) is 4.28. The van der Waals surface area contributed by atoms with Gasteiger partial charge in [-0.25, -0.2) is 0 Å². The van der Waals surface area contributed by atoms with Crippen LogP contribution in [-0.4, -0.2) is 41.0 Å². The molecule has 1 aromatic heterocycles. The minimum Gasteiger partial charge on any atom is -0.460 e. The van der Waals surface area contributed by atoms with Gasteiger partial charge in [-0.05, 0) is 18.4 Å². The summed E-state index contributed by atoms with van der Waals surface area (Å²) in [5.41, 5.74) is 2.10. The average Bonchev–Trinajstić information content (AvgIpc) is 3.10. The minimum atomic E-state index is -0.0511. The largest absolute Gasteiger partial charge is 0.460 e. The van der Waals surface area contributed by atoms with Crippen molar-refractivity contribution < 1.29 is 14.3 Å². The van der Waals surface area contributed by atoms with Crippen LogP contribution in [0.5, 0.6) is 6.01 Å². The summed E-state index contributed by atoms with van der Waals surface area (Å²) in [6.45, 7) is 5.06. The highest BCUT2D eigenvalue weighted by molar-refractivity contribution is 5.82. The lowest BCUT2D eigenvalue weighted by atomic mass is 10.1. The van der Waals surface area contributed by atoms with Crippen molar-refractivity contribution in [2.75, 3.05) is 20.3 Å². The number of benzene rings is 1. The van der Waals surface area contributed by atoms with Crippen molar-refractivity contribution in [1.29, 1.82) is 0 Å². The molecule has 6 nitrogen and oxygen atoms in total. The van der Waals surface area contributed by atoms with Gasteiger partial charge < -0.3 is 9.47 Å². The Hall–Kier alpha value is -2.21. The van der Waals surface area contributed by atoms with Gasteiger partial charge in [0.2, 0.25) is 5.91 Å². The fourth-order valence-electron chi connectivity index (χ4n) is 2.63. The summed E-state index contributed by atoms with van der Waals surface area (Å²) in [6, 6.07) is 8.25. The highest BCUT2D eigenvalue weighted by Crippen LogP contribution is 2.22. The van der Waals surface area contributed by atoms with Crippen LogP contribution in [0.4, 0.5) is 0 Å². The van der Waals surface area contributed by atoms with Crippen LogP contribution >= 0.6 is 0 Å². The number of unbranched alkanes of at least 4 members (excludes halogenated alkanes) is 3. The van der Waals surface area contributed by atoms with Gasteiger partial charge in [-0.15, -0.1) is 5.10 Å². The van der Waals surface area contributed by atoms with Gasteiger partial charge >= 0.3 is 6.01 Å². The smallest absolute Gasteiger partial charge is 0.336 e. The number of hydrogen-bond donors (Lipinski definition) is 0. The first-order chi connectivity index (χ1) is 12.7. The predicted molar refractivity (Wildman–Crippen MR) is 102 cm³/mol. The van der Waals surface area contributed by atoms with E-state index in [1.807, 2.05) is 24.3 Å². The molecule has 0 spiro atoms. The first-order valence-corrected chi connectivity index (χ1v) is 9.40. The molecule has 0 bridgehead atoms. The van der Waals surface area contributed by atoms with E-state index in [1.54, 1.807) is 7.11 Å². The molecule has 0 unspecified atom stereocenters. The van der Waals surface area contributed by atoms with E-state index in [0.29, 0.717) is 25.5 Å². The summed E-state index contributed by atoms with van der Waals surface area (Å²) in [7, 11) is 1.61. The van der Waals surface area contributed by atoms with Crippen molar-refractivity contribution in [2.45, 2.75) is 52.4 Å². The molecule has 0 saturated carbocycles. The molecule has 0 atom stereocenters. The second kappa shape index (κ2) is 10.7.